The molecule has 0 radical (unpaired) electrons. The van der Waals surface area contributed by atoms with Crippen LogP contribution in [0.15, 0.2) is 0 Å². The summed E-state index contributed by atoms with van der Waals surface area (Å²) in [4.78, 5) is 0. The second-order valence-corrected chi connectivity index (χ2v) is 5.48. The molecule has 1 atom stereocenters. The predicted molar refractivity (Wildman–Crippen MR) is 45.3 cm³/mol. The molecule has 0 N–H and O–H groups in total. The van der Waals surface area contributed by atoms with Crippen LogP contribution < -0.4 is 29.6 Å². The predicted octanol–water partition coefficient (Wildman–Crippen LogP) is 0.273. The fraction of sp³-hybridized carbons (Fsp3) is 1.00. The second-order valence-electron chi connectivity index (χ2n) is 4.08. The first-order valence-corrected chi connectivity index (χ1v) is 6.33. The fourth-order valence-electron chi connectivity index (χ4n) is 1.08. The zero-order valence-corrected chi connectivity index (χ0v) is 14.0. The molecule has 0 aromatic carbocycles. The van der Waals surface area contributed by atoms with Crippen LogP contribution in [0.25, 0.3) is 0 Å². The molecule has 0 saturated carbocycles. The summed E-state index contributed by atoms with van der Waals surface area (Å²) in [6, 6.07) is 0. The van der Waals surface area contributed by atoms with Crippen molar-refractivity contribution in [3.63, 3.8) is 0 Å². The van der Waals surface area contributed by atoms with Crippen LogP contribution in [-0.4, -0.2) is 54.5 Å². The van der Waals surface area contributed by atoms with Crippen molar-refractivity contribution in [1.82, 2.24) is 0 Å². The molecule has 1 unspecified atom stereocenters. The molecule has 0 spiro atoms. The van der Waals surface area contributed by atoms with Gasteiger partial charge in [0.05, 0.1) is 0 Å². The Morgan fingerprint density at radius 1 is 0.640 bits per heavy atom. The summed E-state index contributed by atoms with van der Waals surface area (Å²) >= 11 is 0. The summed E-state index contributed by atoms with van der Waals surface area (Å²) in [5.74, 6) is -38.8. The first-order valence-electron chi connectivity index (χ1n) is 4.86. The Hall–Kier alpha value is -0.000000000000000444. The van der Waals surface area contributed by atoms with Crippen LogP contribution in [0.5, 0.6) is 0 Å². The summed E-state index contributed by atoms with van der Waals surface area (Å²) in [6.45, 7) is 0. The molecule has 0 aromatic rings. The summed E-state index contributed by atoms with van der Waals surface area (Å²) in [6.07, 6.45) is -5.76. The van der Waals surface area contributed by atoms with Gasteiger partial charge in [-0.2, -0.15) is 43.9 Å². The molecule has 0 aliphatic carbocycles. The third kappa shape index (κ3) is 3.98. The molecule has 0 aliphatic heterocycles. The van der Waals surface area contributed by atoms with Crippen molar-refractivity contribution in [2.75, 3.05) is 0 Å². The van der Waals surface area contributed by atoms with E-state index in [4.69, 9.17) is 0 Å². The van der Waals surface area contributed by atoms with Crippen molar-refractivity contribution < 1.29 is 99.6 Å². The third-order valence-electron chi connectivity index (χ3n) is 2.44. The maximum atomic E-state index is 12.8. The minimum atomic E-state index is -8.10. The Morgan fingerprint density at radius 2 is 0.920 bits per heavy atom. The van der Waals surface area contributed by atoms with E-state index in [1.54, 1.807) is 0 Å². The standard InChI is InChI=1S/C7H3F13O3S.Na/c8-1(9)3(11,12)5(15,16)7(19,20)6(17,18)4(13,14)2(10)24(21,22)23;/h1-2H,(H,21,22,23);/q;+1/p-1. The fourth-order valence-corrected chi connectivity index (χ4v) is 1.59. The first-order chi connectivity index (χ1) is 10.1. The van der Waals surface area contributed by atoms with Crippen LogP contribution >= 0.6 is 0 Å². The van der Waals surface area contributed by atoms with Gasteiger partial charge < -0.3 is 4.55 Å². The van der Waals surface area contributed by atoms with E-state index in [0.717, 1.165) is 0 Å². The minimum Gasteiger partial charge on any atom is -0.746 e. The molecular weight excluding hydrogens is 434 g/mol. The Kier molecular flexibility index (Phi) is 7.84. The van der Waals surface area contributed by atoms with Gasteiger partial charge in [-0.1, -0.05) is 0 Å². The van der Waals surface area contributed by atoms with E-state index in [2.05, 4.69) is 0 Å². The normalized spacial score (nSPS) is 16.6. The van der Waals surface area contributed by atoms with Crippen molar-refractivity contribution in [3.05, 3.63) is 0 Å². The Balaban J connectivity index is 0. The van der Waals surface area contributed by atoms with Crippen LogP contribution in [0.3, 0.4) is 0 Å². The van der Waals surface area contributed by atoms with E-state index in [1.165, 1.54) is 0 Å². The van der Waals surface area contributed by atoms with Gasteiger partial charge in [-0.05, 0) is 0 Å². The zero-order valence-electron chi connectivity index (χ0n) is 11.2. The molecule has 0 aromatic heterocycles. The Morgan fingerprint density at radius 3 is 1.16 bits per heavy atom. The van der Waals surface area contributed by atoms with E-state index in [1.807, 2.05) is 0 Å². The van der Waals surface area contributed by atoms with Gasteiger partial charge >= 0.3 is 65.6 Å². The van der Waals surface area contributed by atoms with Crippen molar-refractivity contribution >= 4 is 10.1 Å². The summed E-state index contributed by atoms with van der Waals surface area (Å²) in [7, 11) is -7.16. The van der Waals surface area contributed by atoms with E-state index in [0.29, 0.717) is 0 Å². The second kappa shape index (κ2) is 7.20. The average molecular weight is 436 g/mol. The molecule has 3 nitrogen and oxygen atoms in total. The third-order valence-corrected chi connectivity index (χ3v) is 3.24. The van der Waals surface area contributed by atoms with Crippen LogP contribution in [0.1, 0.15) is 0 Å². The average Bonchev–Trinajstić information content (AvgIpc) is 2.35. The minimum absolute atomic E-state index is 0. The molecule has 25 heavy (non-hydrogen) atoms. The van der Waals surface area contributed by atoms with Crippen molar-refractivity contribution in [1.29, 1.82) is 0 Å². The number of hydrogen-bond donors (Lipinski definition) is 0. The molecule has 18 heteroatoms. The van der Waals surface area contributed by atoms with Gasteiger partial charge in [0.25, 0.3) is 5.50 Å². The van der Waals surface area contributed by atoms with Crippen LogP contribution in [0.2, 0.25) is 0 Å². The van der Waals surface area contributed by atoms with E-state index in [-0.39, 0.29) is 29.6 Å². The number of rotatable bonds is 7. The van der Waals surface area contributed by atoms with Gasteiger partial charge in [-0.25, -0.2) is 21.6 Å². The largest absolute Gasteiger partial charge is 1.00 e. The summed E-state index contributed by atoms with van der Waals surface area (Å²) in [5, 5.41) is 0. The van der Waals surface area contributed by atoms with Crippen LogP contribution in [-0.2, 0) is 10.1 Å². The molecule has 0 bridgehead atoms. The van der Waals surface area contributed by atoms with Crippen molar-refractivity contribution in [3.8, 4) is 0 Å². The number of hydrogen-bond acceptors (Lipinski definition) is 3. The molecule has 0 fully saturated rings. The van der Waals surface area contributed by atoms with Gasteiger partial charge in [0.1, 0.15) is 10.1 Å². The monoisotopic (exact) mass is 436 g/mol. The van der Waals surface area contributed by atoms with Crippen molar-refractivity contribution in [2.45, 2.75) is 41.5 Å². The van der Waals surface area contributed by atoms with Gasteiger partial charge in [0.2, 0.25) is 0 Å². The molecule has 0 heterocycles. The maximum absolute atomic E-state index is 12.8. The smallest absolute Gasteiger partial charge is 0.746 e. The topological polar surface area (TPSA) is 57.2 Å². The molecule has 0 aliphatic rings. The van der Waals surface area contributed by atoms with E-state index in [9.17, 15) is 70.0 Å². The maximum Gasteiger partial charge on any atom is 1.00 e. The van der Waals surface area contributed by atoms with Crippen LogP contribution in [0.4, 0.5) is 57.1 Å². The summed E-state index contributed by atoms with van der Waals surface area (Å²) < 4.78 is 192. The summed E-state index contributed by atoms with van der Waals surface area (Å²) in [5.41, 5.74) is -5.78. The van der Waals surface area contributed by atoms with Crippen LogP contribution in [0, 0.1) is 0 Å². The molecule has 0 saturated heterocycles. The quantitative estimate of drug-likeness (QED) is 0.327. The van der Waals surface area contributed by atoms with Gasteiger partial charge in [0.15, 0.2) is 0 Å². The zero-order chi connectivity index (χ0) is 20.2. The number of halogens is 13. The molecular formula is C7H2F13NaO3S. The SMILES string of the molecule is O=S(=O)([O-])C(F)C(F)(F)C(F)(F)C(F)(F)C(F)(F)C(F)(F)C(F)F.[Na+]. The van der Waals surface area contributed by atoms with Gasteiger partial charge in [-0.3, -0.25) is 0 Å². The Bertz CT molecular complexity index is 574. The Labute approximate surface area is 151 Å². The first kappa shape index (κ1) is 27.2. The number of alkyl halides is 13. The van der Waals surface area contributed by atoms with E-state index < -0.39 is 51.7 Å². The molecule has 0 rings (SSSR count). The van der Waals surface area contributed by atoms with Crippen molar-refractivity contribution in [2.24, 2.45) is 0 Å². The van der Waals surface area contributed by atoms with Gasteiger partial charge in [-0.15, -0.1) is 0 Å². The molecule has 146 valence electrons. The van der Waals surface area contributed by atoms with E-state index >= 15 is 0 Å². The molecule has 0 amide bonds. The van der Waals surface area contributed by atoms with Gasteiger partial charge in [0, 0.05) is 0 Å².